The average Bonchev–Trinajstić information content (AvgIpc) is 2.74. The number of hydrogen-bond acceptors (Lipinski definition) is 6. The van der Waals surface area contributed by atoms with E-state index in [4.69, 9.17) is 4.74 Å². The maximum atomic E-state index is 14.0. The fourth-order valence-electron chi connectivity index (χ4n) is 3.58. The molecular weight excluding hydrogens is 441 g/mol. The van der Waals surface area contributed by atoms with Crippen molar-refractivity contribution in [2.75, 3.05) is 44.9 Å². The van der Waals surface area contributed by atoms with Gasteiger partial charge in [-0.3, -0.25) is 9.69 Å². The molecule has 2 unspecified atom stereocenters. The summed E-state index contributed by atoms with van der Waals surface area (Å²) in [6.45, 7) is 7.65. The average molecular weight is 476 g/mol. The number of benzene rings is 1. The Hall–Kier alpha value is -1.20. The van der Waals surface area contributed by atoms with Crippen molar-refractivity contribution in [3.8, 4) is 0 Å². The van der Waals surface area contributed by atoms with Crippen molar-refractivity contribution < 1.29 is 22.3 Å². The zero-order valence-corrected chi connectivity index (χ0v) is 20.1. The predicted octanol–water partition coefficient (Wildman–Crippen LogP) is 2.09. The van der Waals surface area contributed by atoms with Crippen LogP contribution in [0.4, 0.5) is 4.39 Å². The number of sulfonamides is 1. The van der Waals surface area contributed by atoms with Gasteiger partial charge in [0.15, 0.2) is 0 Å². The van der Waals surface area contributed by atoms with Crippen LogP contribution in [0, 0.1) is 11.7 Å². The third-order valence-electron chi connectivity index (χ3n) is 5.17. The number of nitrogens with one attached hydrogen (secondary N) is 2. The number of morpholine rings is 1. The van der Waals surface area contributed by atoms with Gasteiger partial charge >= 0.3 is 0 Å². The van der Waals surface area contributed by atoms with Gasteiger partial charge in [-0.05, 0) is 42.9 Å². The lowest BCUT2D eigenvalue weighted by Crippen LogP contribution is -2.53. The van der Waals surface area contributed by atoms with Gasteiger partial charge in [-0.2, -0.15) is 16.5 Å². The summed E-state index contributed by atoms with van der Waals surface area (Å²) in [6, 6.07) is 4.33. The Morgan fingerprint density at radius 1 is 1.26 bits per heavy atom. The molecule has 2 atom stereocenters. The van der Waals surface area contributed by atoms with Crippen LogP contribution in [-0.2, 0) is 19.6 Å². The lowest BCUT2D eigenvalue weighted by atomic mass is 10.0. The summed E-state index contributed by atoms with van der Waals surface area (Å²) in [4.78, 5) is 14.8. The summed E-state index contributed by atoms with van der Waals surface area (Å²) in [5.41, 5.74) is 0. The van der Waals surface area contributed by atoms with Gasteiger partial charge in [0.2, 0.25) is 15.9 Å². The summed E-state index contributed by atoms with van der Waals surface area (Å²) in [7, 11) is -4.17. The fourth-order valence-corrected chi connectivity index (χ4v) is 5.36. The summed E-state index contributed by atoms with van der Waals surface area (Å²) in [6.07, 6.45) is 3.11. The van der Waals surface area contributed by atoms with Crippen molar-refractivity contribution in [1.82, 2.24) is 14.9 Å². The summed E-state index contributed by atoms with van der Waals surface area (Å²) in [5.74, 6) is -0.188. The van der Waals surface area contributed by atoms with Crippen LogP contribution >= 0.6 is 11.8 Å². The van der Waals surface area contributed by atoms with Crippen molar-refractivity contribution in [2.24, 2.45) is 5.92 Å². The third-order valence-corrected chi connectivity index (χ3v) is 7.32. The van der Waals surface area contributed by atoms with Gasteiger partial charge in [0.25, 0.3) is 0 Å². The lowest BCUT2D eigenvalue weighted by molar-refractivity contribution is -0.123. The first kappa shape index (κ1) is 26.1. The monoisotopic (exact) mass is 475 g/mol. The van der Waals surface area contributed by atoms with Crippen LogP contribution < -0.4 is 10.0 Å². The highest BCUT2D eigenvalue weighted by molar-refractivity contribution is 7.98. The van der Waals surface area contributed by atoms with E-state index in [1.165, 1.54) is 30.0 Å². The minimum Gasteiger partial charge on any atom is -0.379 e. The van der Waals surface area contributed by atoms with Crippen molar-refractivity contribution >= 4 is 27.7 Å². The standard InChI is InChI=1S/C21H34FN3O4S2/c1-16(2)14-17(25-9-11-29-12-10-25)15-23-21(26)19(8-13-30-3)24-31(27,28)20-7-5-4-6-18(20)22/h4-7,16-17,19,24H,8-15H2,1-3H3,(H,23,26). The second-order valence-electron chi connectivity index (χ2n) is 8.06. The number of ether oxygens (including phenoxy) is 1. The molecule has 176 valence electrons. The zero-order chi connectivity index (χ0) is 22.9. The topological polar surface area (TPSA) is 87.7 Å². The molecule has 0 spiro atoms. The second kappa shape index (κ2) is 12.7. The minimum atomic E-state index is -4.17. The lowest BCUT2D eigenvalue weighted by Gasteiger charge is -2.35. The molecular formula is C21H34FN3O4S2. The molecule has 0 radical (unpaired) electrons. The molecule has 1 aromatic rings. The molecule has 2 N–H and O–H groups in total. The van der Waals surface area contributed by atoms with E-state index >= 15 is 0 Å². The molecule has 1 fully saturated rings. The van der Waals surface area contributed by atoms with E-state index in [0.29, 0.717) is 37.9 Å². The van der Waals surface area contributed by atoms with E-state index in [1.54, 1.807) is 0 Å². The van der Waals surface area contributed by atoms with Crippen LogP contribution in [0.1, 0.15) is 26.7 Å². The summed E-state index contributed by atoms with van der Waals surface area (Å²) in [5, 5.41) is 2.93. The first-order valence-electron chi connectivity index (χ1n) is 10.6. The molecule has 1 aromatic carbocycles. The number of amides is 1. The number of nitrogens with zero attached hydrogens (tertiary/aromatic N) is 1. The van der Waals surface area contributed by atoms with Gasteiger partial charge in [0.1, 0.15) is 16.8 Å². The van der Waals surface area contributed by atoms with E-state index in [1.807, 2.05) is 6.26 Å². The Kier molecular flexibility index (Phi) is 10.7. The molecule has 0 bridgehead atoms. The van der Waals surface area contributed by atoms with Crippen LogP contribution in [0.3, 0.4) is 0 Å². The Bertz CT molecular complexity index is 802. The van der Waals surface area contributed by atoms with Crippen LogP contribution in [-0.4, -0.2) is 76.2 Å². The smallest absolute Gasteiger partial charge is 0.244 e. The van der Waals surface area contributed by atoms with E-state index in [9.17, 15) is 17.6 Å². The van der Waals surface area contributed by atoms with Gasteiger partial charge in [0, 0.05) is 25.7 Å². The molecule has 7 nitrogen and oxygen atoms in total. The number of carbonyl (C=O) groups is 1. The molecule has 1 amide bonds. The second-order valence-corrected chi connectivity index (χ2v) is 10.7. The van der Waals surface area contributed by atoms with E-state index in [-0.39, 0.29) is 6.04 Å². The number of rotatable bonds is 12. The fraction of sp³-hybridized carbons (Fsp3) is 0.667. The first-order valence-corrected chi connectivity index (χ1v) is 13.5. The highest BCUT2D eigenvalue weighted by atomic mass is 32.2. The molecule has 1 aliphatic heterocycles. The normalized spacial score (nSPS) is 17.5. The number of thioether (sulfide) groups is 1. The molecule has 2 rings (SSSR count). The van der Waals surface area contributed by atoms with Crippen molar-refractivity contribution in [3.05, 3.63) is 30.1 Å². The number of hydrogen-bond donors (Lipinski definition) is 2. The van der Waals surface area contributed by atoms with Gasteiger partial charge in [-0.25, -0.2) is 12.8 Å². The van der Waals surface area contributed by atoms with Crippen LogP contribution in [0.2, 0.25) is 0 Å². The Morgan fingerprint density at radius 3 is 2.55 bits per heavy atom. The SMILES string of the molecule is CSCCC(NS(=O)(=O)c1ccccc1F)C(=O)NCC(CC(C)C)N1CCOCC1. The largest absolute Gasteiger partial charge is 0.379 e. The minimum absolute atomic E-state index is 0.150. The Morgan fingerprint density at radius 2 is 1.94 bits per heavy atom. The Labute approximate surface area is 189 Å². The van der Waals surface area contributed by atoms with E-state index < -0.39 is 32.7 Å². The molecule has 1 heterocycles. The van der Waals surface area contributed by atoms with Crippen molar-refractivity contribution in [3.63, 3.8) is 0 Å². The van der Waals surface area contributed by atoms with Crippen LogP contribution in [0.25, 0.3) is 0 Å². The Balaban J connectivity index is 2.08. The van der Waals surface area contributed by atoms with Crippen LogP contribution in [0.15, 0.2) is 29.2 Å². The quantitative estimate of drug-likeness (QED) is 0.481. The van der Waals surface area contributed by atoms with Gasteiger partial charge in [0.05, 0.1) is 13.2 Å². The summed E-state index contributed by atoms with van der Waals surface area (Å²) < 4.78 is 47.3. The number of carbonyl (C=O) groups excluding carboxylic acids is 1. The third kappa shape index (κ3) is 8.34. The molecule has 31 heavy (non-hydrogen) atoms. The van der Waals surface area contributed by atoms with E-state index in [0.717, 1.165) is 25.6 Å². The molecule has 10 heteroatoms. The molecule has 0 aromatic heterocycles. The highest BCUT2D eigenvalue weighted by Crippen LogP contribution is 2.16. The van der Waals surface area contributed by atoms with Crippen molar-refractivity contribution in [1.29, 1.82) is 0 Å². The number of halogens is 1. The molecule has 0 saturated carbocycles. The van der Waals surface area contributed by atoms with Crippen LogP contribution in [0.5, 0.6) is 0 Å². The van der Waals surface area contributed by atoms with Gasteiger partial charge in [-0.15, -0.1) is 0 Å². The van der Waals surface area contributed by atoms with Crippen molar-refractivity contribution in [2.45, 2.75) is 43.7 Å². The highest BCUT2D eigenvalue weighted by Gasteiger charge is 2.29. The molecule has 0 aliphatic carbocycles. The zero-order valence-electron chi connectivity index (χ0n) is 18.5. The summed E-state index contributed by atoms with van der Waals surface area (Å²) >= 11 is 1.52. The predicted molar refractivity (Wildman–Crippen MR) is 122 cm³/mol. The van der Waals surface area contributed by atoms with E-state index in [2.05, 4.69) is 28.8 Å². The molecule has 1 aliphatic rings. The van der Waals surface area contributed by atoms with Gasteiger partial charge in [-0.1, -0.05) is 26.0 Å². The first-order chi connectivity index (χ1) is 14.7. The molecule has 1 saturated heterocycles. The maximum Gasteiger partial charge on any atom is 0.244 e. The maximum absolute atomic E-state index is 14.0. The van der Waals surface area contributed by atoms with Gasteiger partial charge < -0.3 is 10.1 Å².